The van der Waals surface area contributed by atoms with E-state index in [2.05, 4.69) is 26.1 Å². The van der Waals surface area contributed by atoms with E-state index in [0.29, 0.717) is 17.2 Å². The smallest absolute Gasteiger partial charge is 0.418 e. The highest BCUT2D eigenvalue weighted by molar-refractivity contribution is 6.68. The first kappa shape index (κ1) is 21.7. The van der Waals surface area contributed by atoms with Gasteiger partial charge in [0.1, 0.15) is 11.5 Å². The highest BCUT2D eigenvalue weighted by Gasteiger charge is 2.60. The van der Waals surface area contributed by atoms with E-state index in [9.17, 15) is 4.79 Å². The lowest BCUT2D eigenvalue weighted by Gasteiger charge is -2.33. The molecule has 3 rings (SSSR count). The summed E-state index contributed by atoms with van der Waals surface area (Å²) < 4.78 is 19.7. The molecule has 9 heteroatoms. The molecule has 1 unspecified atom stereocenters. The average molecular weight is 461 g/mol. The largest absolute Gasteiger partial charge is 0.497 e. The minimum absolute atomic E-state index is 0.137. The highest BCUT2D eigenvalue weighted by Crippen LogP contribution is 2.49. The van der Waals surface area contributed by atoms with Gasteiger partial charge in [-0.2, -0.15) is 0 Å². The summed E-state index contributed by atoms with van der Waals surface area (Å²) in [5, 5.41) is 2.38. The number of amides is 1. The Morgan fingerprint density at radius 3 is 2.28 bits per heavy atom. The van der Waals surface area contributed by atoms with E-state index in [-0.39, 0.29) is 11.2 Å². The molecule has 1 amide bonds. The predicted molar refractivity (Wildman–Crippen MR) is 112 cm³/mol. The van der Waals surface area contributed by atoms with Crippen LogP contribution in [-0.4, -0.2) is 22.9 Å². The lowest BCUT2D eigenvalue weighted by atomic mass is 9.87. The van der Waals surface area contributed by atoms with Crippen molar-refractivity contribution in [3.63, 3.8) is 0 Å². The maximum Gasteiger partial charge on any atom is 0.418 e. The van der Waals surface area contributed by atoms with Crippen molar-refractivity contribution in [3.8, 4) is 23.0 Å². The second-order valence-electron chi connectivity index (χ2n) is 7.42. The van der Waals surface area contributed by atoms with Crippen molar-refractivity contribution in [3.05, 3.63) is 48.0 Å². The molecule has 2 aromatic rings. The lowest BCUT2D eigenvalue weighted by molar-refractivity contribution is -0.0964. The second-order valence-corrected chi connectivity index (χ2v) is 9.70. The van der Waals surface area contributed by atoms with Crippen LogP contribution in [-0.2, 0) is 5.41 Å². The second kappa shape index (κ2) is 7.67. The molecule has 0 aliphatic carbocycles. The van der Waals surface area contributed by atoms with Gasteiger partial charge in [-0.15, -0.1) is 0 Å². The fourth-order valence-electron chi connectivity index (χ4n) is 2.64. The number of ether oxygens (including phenoxy) is 4. The van der Waals surface area contributed by atoms with Gasteiger partial charge < -0.3 is 18.9 Å². The van der Waals surface area contributed by atoms with Gasteiger partial charge in [0, 0.05) is 6.07 Å². The van der Waals surface area contributed by atoms with E-state index in [1.807, 2.05) is 6.07 Å². The Morgan fingerprint density at radius 2 is 1.66 bits per heavy atom. The van der Waals surface area contributed by atoms with Crippen LogP contribution in [0.25, 0.3) is 0 Å². The third-order valence-corrected chi connectivity index (χ3v) is 4.96. The van der Waals surface area contributed by atoms with Crippen LogP contribution in [0.1, 0.15) is 26.3 Å². The zero-order valence-electron chi connectivity index (χ0n) is 16.2. The minimum Gasteiger partial charge on any atom is -0.497 e. The van der Waals surface area contributed by atoms with Gasteiger partial charge in [-0.25, -0.2) is 10.1 Å². The highest BCUT2D eigenvalue weighted by atomic mass is 35.6. The average Bonchev–Trinajstić information content (AvgIpc) is 2.99. The number of halogens is 3. The summed E-state index contributed by atoms with van der Waals surface area (Å²) in [6.07, 6.45) is -0.937. The van der Waals surface area contributed by atoms with E-state index in [1.54, 1.807) is 30.3 Å². The lowest BCUT2D eigenvalue weighted by Crippen LogP contribution is -2.64. The molecule has 1 N–H and O–H groups in total. The molecule has 0 saturated carbocycles. The molecular weight excluding hydrogens is 441 g/mol. The van der Waals surface area contributed by atoms with E-state index < -0.39 is 15.8 Å². The first-order chi connectivity index (χ1) is 13.4. The SMILES string of the molecule is COc1cccc(OC(=O)NC2(C(Cl)(Cl)Cl)Oc3ccc(C(C)(C)C)cc3O2)c1. The van der Waals surface area contributed by atoms with E-state index in [0.717, 1.165) is 5.56 Å². The van der Waals surface area contributed by atoms with Crippen LogP contribution in [0.15, 0.2) is 42.5 Å². The molecule has 29 heavy (non-hydrogen) atoms. The molecule has 156 valence electrons. The Balaban J connectivity index is 1.84. The molecule has 1 aliphatic rings. The zero-order chi connectivity index (χ0) is 21.4. The maximum absolute atomic E-state index is 12.5. The van der Waals surface area contributed by atoms with Gasteiger partial charge in [0.15, 0.2) is 11.5 Å². The normalized spacial score (nSPS) is 18.3. The predicted octanol–water partition coefficient (Wildman–Crippen LogP) is 5.58. The molecule has 0 saturated heterocycles. The van der Waals surface area contributed by atoms with Crippen molar-refractivity contribution < 1.29 is 23.7 Å². The Bertz CT molecular complexity index is 923. The van der Waals surface area contributed by atoms with Crippen LogP contribution < -0.4 is 24.3 Å². The van der Waals surface area contributed by atoms with Gasteiger partial charge in [0.2, 0.25) is 0 Å². The van der Waals surface area contributed by atoms with Crippen LogP contribution in [0.3, 0.4) is 0 Å². The molecule has 2 aromatic carbocycles. The number of nitrogens with one attached hydrogen (secondary N) is 1. The molecule has 0 spiro atoms. The van der Waals surface area contributed by atoms with Crippen molar-refractivity contribution in [2.24, 2.45) is 0 Å². The van der Waals surface area contributed by atoms with Crippen molar-refractivity contribution in [1.82, 2.24) is 5.32 Å². The van der Waals surface area contributed by atoms with E-state index in [1.165, 1.54) is 13.2 Å². The van der Waals surface area contributed by atoms with Gasteiger partial charge in [-0.05, 0) is 35.2 Å². The third kappa shape index (κ3) is 4.60. The molecular formula is C20H20Cl3NO5. The number of hydrogen-bond acceptors (Lipinski definition) is 5. The number of benzene rings is 2. The monoisotopic (exact) mass is 459 g/mol. The van der Waals surface area contributed by atoms with Crippen LogP contribution in [0.2, 0.25) is 0 Å². The first-order valence-electron chi connectivity index (χ1n) is 8.67. The Morgan fingerprint density at radius 1 is 1.00 bits per heavy atom. The molecule has 0 bridgehead atoms. The number of alkyl halides is 3. The van der Waals surface area contributed by atoms with Crippen LogP contribution in [0.4, 0.5) is 4.79 Å². The number of rotatable bonds is 3. The maximum atomic E-state index is 12.5. The summed E-state index contributed by atoms with van der Waals surface area (Å²) in [7, 11) is 1.50. The molecule has 1 atom stereocenters. The summed E-state index contributed by atoms with van der Waals surface area (Å²) in [5.41, 5.74) is 0.849. The summed E-state index contributed by atoms with van der Waals surface area (Å²) in [5.74, 6) is -0.697. The van der Waals surface area contributed by atoms with Crippen molar-refractivity contribution in [2.45, 2.75) is 35.9 Å². The van der Waals surface area contributed by atoms with E-state index in [4.69, 9.17) is 53.8 Å². The number of fused-ring (bicyclic) bond motifs is 1. The molecule has 0 radical (unpaired) electrons. The summed E-state index contributed by atoms with van der Waals surface area (Å²) in [6.45, 7) is 6.16. The van der Waals surface area contributed by atoms with Gasteiger partial charge in [0.25, 0.3) is 3.79 Å². The van der Waals surface area contributed by atoms with Crippen LogP contribution in [0.5, 0.6) is 23.0 Å². The summed E-state index contributed by atoms with van der Waals surface area (Å²) >= 11 is 18.3. The van der Waals surface area contributed by atoms with Crippen LogP contribution >= 0.6 is 34.8 Å². The molecule has 0 aromatic heterocycles. The van der Waals surface area contributed by atoms with E-state index >= 15 is 0 Å². The van der Waals surface area contributed by atoms with Crippen molar-refractivity contribution in [2.75, 3.05) is 7.11 Å². The fourth-order valence-corrected chi connectivity index (χ4v) is 3.01. The minimum atomic E-state index is -2.17. The van der Waals surface area contributed by atoms with Crippen molar-refractivity contribution >= 4 is 40.9 Å². The number of carbonyl (C=O) groups is 1. The number of methoxy groups -OCH3 is 1. The van der Waals surface area contributed by atoms with Crippen molar-refractivity contribution in [1.29, 1.82) is 0 Å². The van der Waals surface area contributed by atoms with Gasteiger partial charge in [-0.1, -0.05) is 67.7 Å². The summed E-state index contributed by atoms with van der Waals surface area (Å²) in [4.78, 5) is 12.5. The molecule has 6 nitrogen and oxygen atoms in total. The number of hydrogen-bond donors (Lipinski definition) is 1. The molecule has 1 aliphatic heterocycles. The number of carbonyl (C=O) groups excluding carboxylic acids is 1. The topological polar surface area (TPSA) is 66.0 Å². The quantitative estimate of drug-likeness (QED) is 0.606. The standard InChI is InChI=1S/C20H20Cl3NO5/c1-18(2,3)12-8-9-15-16(10-12)29-20(28-15,19(21,22)23)24-17(25)27-14-7-5-6-13(11-14)26-4/h5-11H,1-4H3,(H,24,25). The van der Waals surface area contributed by atoms with Crippen LogP contribution in [0, 0.1) is 0 Å². The Kier molecular flexibility index (Phi) is 5.73. The molecule has 0 fully saturated rings. The third-order valence-electron chi connectivity index (χ3n) is 4.21. The Hall–Kier alpha value is -2.02. The summed E-state index contributed by atoms with van der Waals surface area (Å²) in [6, 6.07) is 11.8. The zero-order valence-corrected chi connectivity index (χ0v) is 18.5. The molecule has 1 heterocycles. The van der Waals surface area contributed by atoms with Gasteiger partial charge in [-0.3, -0.25) is 0 Å². The Labute approximate surface area is 183 Å². The first-order valence-corrected chi connectivity index (χ1v) is 9.80. The van der Waals surface area contributed by atoms with Gasteiger partial charge in [0.05, 0.1) is 7.11 Å². The fraction of sp³-hybridized carbons (Fsp3) is 0.350. The van der Waals surface area contributed by atoms with Gasteiger partial charge >= 0.3 is 12.0 Å².